The van der Waals surface area contributed by atoms with E-state index in [0.717, 1.165) is 0 Å². The first-order chi connectivity index (χ1) is 16.5. The molecular formula is C26H29ClFN3O4. The van der Waals surface area contributed by atoms with E-state index < -0.39 is 11.9 Å². The van der Waals surface area contributed by atoms with Crippen LogP contribution in [0.3, 0.4) is 0 Å². The number of amides is 3. The first-order valence-electron chi connectivity index (χ1n) is 11.6. The van der Waals surface area contributed by atoms with Gasteiger partial charge in [0, 0.05) is 36.6 Å². The summed E-state index contributed by atoms with van der Waals surface area (Å²) >= 11 is 5.88. The summed E-state index contributed by atoms with van der Waals surface area (Å²) in [5.74, 6) is -1.30. The highest BCUT2D eigenvalue weighted by Crippen LogP contribution is 2.35. The average molecular weight is 502 g/mol. The van der Waals surface area contributed by atoms with Gasteiger partial charge in [0.05, 0.1) is 24.4 Å². The number of fused-ring (bicyclic) bond motifs is 2. The molecule has 9 heteroatoms. The van der Waals surface area contributed by atoms with Crippen LogP contribution >= 0.6 is 11.6 Å². The van der Waals surface area contributed by atoms with Gasteiger partial charge in [-0.15, -0.1) is 0 Å². The fraction of sp³-hybridized carbons (Fsp3) is 0.423. The number of benzene rings is 2. The molecule has 0 spiro atoms. The minimum absolute atomic E-state index is 0.00591. The number of anilines is 1. The highest BCUT2D eigenvalue weighted by Gasteiger charge is 2.43. The zero-order valence-electron chi connectivity index (χ0n) is 20.1. The molecule has 2 aliphatic rings. The number of piperazine rings is 1. The van der Waals surface area contributed by atoms with Gasteiger partial charge in [0.1, 0.15) is 11.9 Å². The van der Waals surface area contributed by atoms with E-state index in [-0.39, 0.29) is 65.5 Å². The van der Waals surface area contributed by atoms with E-state index >= 15 is 0 Å². The van der Waals surface area contributed by atoms with Crippen molar-refractivity contribution in [3.8, 4) is 11.1 Å². The van der Waals surface area contributed by atoms with Gasteiger partial charge >= 0.3 is 0 Å². The number of hydrogen-bond acceptors (Lipinski definition) is 4. The van der Waals surface area contributed by atoms with Crippen molar-refractivity contribution in [3.05, 3.63) is 52.8 Å². The molecule has 0 unspecified atom stereocenters. The Morgan fingerprint density at radius 2 is 1.86 bits per heavy atom. The van der Waals surface area contributed by atoms with Gasteiger partial charge in [0.2, 0.25) is 5.91 Å². The van der Waals surface area contributed by atoms with Crippen LogP contribution in [0.4, 0.5) is 10.1 Å². The minimum Gasteiger partial charge on any atom is -0.395 e. The molecule has 2 aliphatic heterocycles. The summed E-state index contributed by atoms with van der Waals surface area (Å²) in [6, 6.07) is 8.26. The van der Waals surface area contributed by atoms with Crippen LogP contribution in [-0.2, 0) is 9.59 Å². The molecule has 4 rings (SSSR count). The monoisotopic (exact) mass is 501 g/mol. The van der Waals surface area contributed by atoms with Crippen molar-refractivity contribution in [3.63, 3.8) is 0 Å². The molecule has 0 bridgehead atoms. The zero-order chi connectivity index (χ0) is 25.5. The van der Waals surface area contributed by atoms with Crippen molar-refractivity contribution >= 4 is 35.0 Å². The van der Waals surface area contributed by atoms with Crippen LogP contribution in [0.15, 0.2) is 36.4 Å². The van der Waals surface area contributed by atoms with Gasteiger partial charge in [-0.05, 0) is 41.3 Å². The standard InChI is InChI=1S/C26H29ClFN3O4/c1-26(2,3)14-23(33)29-8-9-30-22(15-29)25(35)31(10-11-32)21-7-4-16(12-19(21)24(30)34)18-6-5-17(27)13-20(18)28/h4-7,12-13,22,32H,8-11,14-15H2,1-3H3/t22-/m0/s1. The van der Waals surface area contributed by atoms with E-state index in [9.17, 15) is 23.9 Å². The maximum Gasteiger partial charge on any atom is 0.256 e. The second-order valence-corrected chi connectivity index (χ2v) is 10.6. The number of aliphatic hydroxyl groups excluding tert-OH is 1. The average Bonchev–Trinajstić information content (AvgIpc) is 2.87. The molecule has 186 valence electrons. The third-order valence-corrected chi connectivity index (χ3v) is 6.55. The van der Waals surface area contributed by atoms with Crippen LogP contribution in [0, 0.1) is 11.2 Å². The molecule has 2 heterocycles. The number of hydrogen-bond donors (Lipinski definition) is 1. The molecule has 1 fully saturated rings. The lowest BCUT2D eigenvalue weighted by Gasteiger charge is -2.41. The summed E-state index contributed by atoms with van der Waals surface area (Å²) in [7, 11) is 0. The van der Waals surface area contributed by atoms with Gasteiger partial charge in [-0.3, -0.25) is 14.4 Å². The van der Waals surface area contributed by atoms with Gasteiger partial charge in [-0.2, -0.15) is 0 Å². The molecule has 1 N–H and O–H groups in total. The molecule has 1 atom stereocenters. The third-order valence-electron chi connectivity index (χ3n) is 6.31. The Morgan fingerprint density at radius 3 is 2.51 bits per heavy atom. The number of carbonyl (C=O) groups excluding carboxylic acids is 3. The number of aliphatic hydroxyl groups is 1. The van der Waals surface area contributed by atoms with E-state index in [1.54, 1.807) is 35.2 Å². The Morgan fingerprint density at radius 1 is 1.11 bits per heavy atom. The highest BCUT2D eigenvalue weighted by atomic mass is 35.5. The van der Waals surface area contributed by atoms with E-state index in [2.05, 4.69) is 0 Å². The topological polar surface area (TPSA) is 81.2 Å². The summed E-state index contributed by atoms with van der Waals surface area (Å²) in [6.45, 7) is 6.24. The van der Waals surface area contributed by atoms with Crippen molar-refractivity contribution in [2.75, 3.05) is 37.7 Å². The first kappa shape index (κ1) is 25.1. The zero-order valence-corrected chi connectivity index (χ0v) is 20.8. The summed E-state index contributed by atoms with van der Waals surface area (Å²) in [5.41, 5.74) is 1.15. The molecule has 35 heavy (non-hydrogen) atoms. The number of nitrogens with zero attached hydrogens (tertiary/aromatic N) is 3. The Bertz CT molecular complexity index is 1180. The molecule has 0 aliphatic carbocycles. The molecule has 1 saturated heterocycles. The van der Waals surface area contributed by atoms with Gasteiger partial charge in [0.25, 0.3) is 11.8 Å². The molecule has 3 amide bonds. The smallest absolute Gasteiger partial charge is 0.256 e. The number of halogens is 2. The normalized spacial score (nSPS) is 18.3. The lowest BCUT2D eigenvalue weighted by Crippen LogP contribution is -2.61. The van der Waals surface area contributed by atoms with Crippen molar-refractivity contribution < 1.29 is 23.9 Å². The van der Waals surface area contributed by atoms with Crippen LogP contribution in [0.25, 0.3) is 11.1 Å². The fourth-order valence-corrected chi connectivity index (χ4v) is 4.81. The predicted octanol–water partition coefficient (Wildman–Crippen LogP) is 3.57. The predicted molar refractivity (Wildman–Crippen MR) is 132 cm³/mol. The Hall–Kier alpha value is -2.97. The van der Waals surface area contributed by atoms with Gasteiger partial charge in [0.15, 0.2) is 0 Å². The summed E-state index contributed by atoms with van der Waals surface area (Å²) in [4.78, 5) is 44.6. The quantitative estimate of drug-likeness (QED) is 0.694. The van der Waals surface area contributed by atoms with Gasteiger partial charge < -0.3 is 19.8 Å². The molecule has 2 aromatic carbocycles. The van der Waals surface area contributed by atoms with Crippen molar-refractivity contribution in [2.24, 2.45) is 5.41 Å². The van der Waals surface area contributed by atoms with Gasteiger partial charge in [-0.25, -0.2) is 4.39 Å². The Balaban J connectivity index is 1.72. The van der Waals surface area contributed by atoms with Crippen LogP contribution in [0.5, 0.6) is 0 Å². The Labute approximate surface area is 209 Å². The van der Waals surface area contributed by atoms with E-state index in [1.807, 2.05) is 20.8 Å². The van der Waals surface area contributed by atoms with E-state index in [1.165, 1.54) is 15.9 Å². The molecular weight excluding hydrogens is 473 g/mol. The maximum atomic E-state index is 14.6. The van der Waals surface area contributed by atoms with Crippen LogP contribution in [0.2, 0.25) is 5.02 Å². The van der Waals surface area contributed by atoms with Crippen molar-refractivity contribution in [1.29, 1.82) is 0 Å². The number of carbonyl (C=O) groups is 3. The molecule has 0 aromatic heterocycles. The van der Waals surface area contributed by atoms with E-state index in [0.29, 0.717) is 24.2 Å². The number of rotatable bonds is 4. The second-order valence-electron chi connectivity index (χ2n) is 10.2. The second kappa shape index (κ2) is 9.59. The summed E-state index contributed by atoms with van der Waals surface area (Å²) in [5, 5.41) is 9.92. The SMILES string of the molecule is CC(C)(C)CC(=O)N1CCN2C(=O)c3cc(-c4ccc(Cl)cc4F)ccc3N(CCO)C(=O)[C@@H]2C1. The molecule has 7 nitrogen and oxygen atoms in total. The van der Waals surface area contributed by atoms with Gasteiger partial charge in [-0.1, -0.05) is 38.4 Å². The summed E-state index contributed by atoms with van der Waals surface area (Å²) in [6.07, 6.45) is 0.332. The highest BCUT2D eigenvalue weighted by molar-refractivity contribution is 6.30. The van der Waals surface area contributed by atoms with Crippen LogP contribution in [-0.4, -0.2) is 71.5 Å². The molecule has 0 saturated carbocycles. The molecule has 2 aromatic rings. The van der Waals surface area contributed by atoms with Crippen molar-refractivity contribution in [2.45, 2.75) is 33.2 Å². The Kier molecular flexibility index (Phi) is 6.88. The minimum atomic E-state index is -0.866. The lowest BCUT2D eigenvalue weighted by atomic mass is 9.91. The van der Waals surface area contributed by atoms with Crippen LogP contribution in [0.1, 0.15) is 37.6 Å². The van der Waals surface area contributed by atoms with E-state index in [4.69, 9.17) is 11.6 Å². The first-order valence-corrected chi connectivity index (χ1v) is 12.0. The largest absolute Gasteiger partial charge is 0.395 e. The third kappa shape index (κ3) is 5.04. The summed E-state index contributed by atoms with van der Waals surface area (Å²) < 4.78 is 14.6. The number of β-amino-alcohol motifs (C(OH)–C–C–N with tert-alkyl or cyclic N) is 1. The molecule has 0 radical (unpaired) electrons. The maximum absolute atomic E-state index is 14.6. The lowest BCUT2D eigenvalue weighted by molar-refractivity contribution is -0.137. The van der Waals surface area contributed by atoms with Crippen LogP contribution < -0.4 is 4.90 Å². The van der Waals surface area contributed by atoms with Crippen molar-refractivity contribution in [1.82, 2.24) is 9.80 Å². The fourth-order valence-electron chi connectivity index (χ4n) is 4.65.